The van der Waals surface area contributed by atoms with E-state index in [-0.39, 0.29) is 13.1 Å². The molecule has 1 aromatic rings. The molecule has 0 radical (unpaired) electrons. The molecule has 1 amide bonds. The zero-order chi connectivity index (χ0) is 15.8. The van der Waals surface area contributed by atoms with Crippen LogP contribution in [0.1, 0.15) is 26.5 Å². The first-order chi connectivity index (χ1) is 9.63. The predicted octanol–water partition coefficient (Wildman–Crippen LogP) is 1.28. The monoisotopic (exact) mass is 295 g/mol. The molecular formula is C14H21N3O4. The number of rotatable bonds is 3. The highest BCUT2D eigenvalue weighted by atomic mass is 16.6. The smallest absolute Gasteiger partial charge is 0.410 e. The van der Waals surface area contributed by atoms with Crippen molar-refractivity contribution in [1.82, 2.24) is 14.7 Å². The molecule has 7 nitrogen and oxygen atoms in total. The summed E-state index contributed by atoms with van der Waals surface area (Å²) in [5.41, 5.74) is -0.702. The Morgan fingerprint density at radius 3 is 2.48 bits per heavy atom. The third kappa shape index (κ3) is 3.17. The number of carbonyl (C=O) groups is 2. The molecule has 1 aliphatic rings. The van der Waals surface area contributed by atoms with Crippen LogP contribution in [0, 0.1) is 5.41 Å². The summed E-state index contributed by atoms with van der Waals surface area (Å²) < 4.78 is 6.90. The van der Waals surface area contributed by atoms with Crippen LogP contribution >= 0.6 is 0 Å². The molecule has 2 rings (SSSR count). The molecule has 0 aromatic carbocycles. The van der Waals surface area contributed by atoms with Gasteiger partial charge in [0.1, 0.15) is 11.0 Å². The average Bonchev–Trinajstić information content (AvgIpc) is 2.65. The zero-order valence-corrected chi connectivity index (χ0v) is 12.8. The molecule has 21 heavy (non-hydrogen) atoms. The third-order valence-electron chi connectivity index (χ3n) is 3.53. The number of aliphatic carboxylic acids is 1. The summed E-state index contributed by atoms with van der Waals surface area (Å²) in [6, 6.07) is 1.79. The third-order valence-corrected chi connectivity index (χ3v) is 3.53. The summed E-state index contributed by atoms with van der Waals surface area (Å²) in [4.78, 5) is 24.9. The second-order valence-corrected chi connectivity index (χ2v) is 6.54. The van der Waals surface area contributed by atoms with Crippen LogP contribution in [0.2, 0.25) is 0 Å². The van der Waals surface area contributed by atoms with E-state index in [4.69, 9.17) is 4.74 Å². The molecule has 0 aliphatic carbocycles. The Hall–Kier alpha value is -2.05. The molecule has 1 N–H and O–H groups in total. The molecular weight excluding hydrogens is 274 g/mol. The van der Waals surface area contributed by atoms with E-state index in [0.717, 1.165) is 5.69 Å². The minimum Gasteiger partial charge on any atom is -0.481 e. The molecule has 1 saturated heterocycles. The topological polar surface area (TPSA) is 84.7 Å². The average molecular weight is 295 g/mol. The number of carbonyl (C=O) groups excluding carboxylic acids is 1. The fourth-order valence-electron chi connectivity index (χ4n) is 2.38. The summed E-state index contributed by atoms with van der Waals surface area (Å²) in [5, 5.41) is 13.5. The number of carboxylic acid groups (broad SMARTS) is 1. The van der Waals surface area contributed by atoms with Crippen molar-refractivity contribution in [1.29, 1.82) is 0 Å². The summed E-state index contributed by atoms with van der Waals surface area (Å²) in [6.45, 7) is 5.66. The number of hydrogen-bond acceptors (Lipinski definition) is 4. The standard InChI is InChI=1S/C14H21N3O4/c1-13(2,3)21-12(20)17-8-14(9-17,11(18)19)7-10-5-6-15-16(10)4/h5-6H,7-9H2,1-4H3,(H,18,19). The lowest BCUT2D eigenvalue weighted by Crippen LogP contribution is -2.63. The van der Waals surface area contributed by atoms with Crippen molar-refractivity contribution in [3.63, 3.8) is 0 Å². The van der Waals surface area contributed by atoms with Crippen LogP contribution < -0.4 is 0 Å². The summed E-state index contributed by atoms with van der Waals surface area (Å²) in [6.07, 6.45) is 1.51. The molecule has 1 aromatic heterocycles. The Bertz CT molecular complexity index is 553. The first-order valence-electron chi connectivity index (χ1n) is 6.81. The fourth-order valence-corrected chi connectivity index (χ4v) is 2.38. The number of amides is 1. The Balaban J connectivity index is 2.03. The largest absolute Gasteiger partial charge is 0.481 e. The van der Waals surface area contributed by atoms with Crippen molar-refractivity contribution in [2.75, 3.05) is 13.1 Å². The van der Waals surface area contributed by atoms with Gasteiger partial charge in [-0.2, -0.15) is 5.10 Å². The molecule has 1 fully saturated rings. The van der Waals surface area contributed by atoms with Crippen LogP contribution in [0.5, 0.6) is 0 Å². The van der Waals surface area contributed by atoms with Gasteiger partial charge in [-0.1, -0.05) is 0 Å². The molecule has 2 heterocycles. The molecule has 0 bridgehead atoms. The Labute approximate surface area is 123 Å². The van der Waals surface area contributed by atoms with Crippen molar-refractivity contribution in [3.8, 4) is 0 Å². The van der Waals surface area contributed by atoms with Crippen LogP contribution in [-0.4, -0.2) is 50.5 Å². The van der Waals surface area contributed by atoms with E-state index in [0.29, 0.717) is 6.42 Å². The highest BCUT2D eigenvalue weighted by molar-refractivity contribution is 5.81. The van der Waals surface area contributed by atoms with Gasteiger partial charge in [0.05, 0.1) is 0 Å². The second-order valence-electron chi connectivity index (χ2n) is 6.54. The van der Waals surface area contributed by atoms with Crippen LogP contribution in [0.25, 0.3) is 0 Å². The molecule has 0 spiro atoms. The molecule has 0 atom stereocenters. The lowest BCUT2D eigenvalue weighted by atomic mass is 9.76. The molecule has 116 valence electrons. The second kappa shape index (κ2) is 5.05. The highest BCUT2D eigenvalue weighted by Crippen LogP contribution is 2.35. The normalized spacial score (nSPS) is 17.2. The number of hydrogen-bond donors (Lipinski definition) is 1. The number of aryl methyl sites for hydroxylation is 1. The van der Waals surface area contributed by atoms with Crippen molar-refractivity contribution >= 4 is 12.1 Å². The van der Waals surface area contributed by atoms with Gasteiger partial charge in [-0.15, -0.1) is 0 Å². The van der Waals surface area contributed by atoms with E-state index in [1.54, 1.807) is 44.8 Å². The maximum atomic E-state index is 11.9. The van der Waals surface area contributed by atoms with Crippen LogP contribution in [0.4, 0.5) is 4.79 Å². The first-order valence-corrected chi connectivity index (χ1v) is 6.81. The van der Waals surface area contributed by atoms with Crippen LogP contribution in [0.15, 0.2) is 12.3 Å². The number of carboxylic acids is 1. The van der Waals surface area contributed by atoms with Gasteiger partial charge >= 0.3 is 12.1 Å². The van der Waals surface area contributed by atoms with Gasteiger partial charge in [-0.05, 0) is 26.8 Å². The molecule has 0 saturated carbocycles. The van der Waals surface area contributed by atoms with E-state index in [1.165, 1.54) is 4.90 Å². The zero-order valence-electron chi connectivity index (χ0n) is 12.8. The Kier molecular flexibility index (Phi) is 3.69. The quantitative estimate of drug-likeness (QED) is 0.908. The van der Waals surface area contributed by atoms with Gasteiger partial charge in [-0.3, -0.25) is 9.48 Å². The van der Waals surface area contributed by atoms with Crippen LogP contribution in [-0.2, 0) is 23.0 Å². The summed E-state index contributed by atoms with van der Waals surface area (Å²) in [7, 11) is 1.77. The maximum absolute atomic E-state index is 11.9. The van der Waals surface area contributed by atoms with Gasteiger partial charge in [0, 0.05) is 38.4 Å². The van der Waals surface area contributed by atoms with Gasteiger partial charge in [0.25, 0.3) is 0 Å². The number of ether oxygens (including phenoxy) is 1. The Morgan fingerprint density at radius 2 is 2.05 bits per heavy atom. The highest BCUT2D eigenvalue weighted by Gasteiger charge is 2.52. The molecule has 0 unspecified atom stereocenters. The van der Waals surface area contributed by atoms with E-state index in [9.17, 15) is 14.7 Å². The minimum absolute atomic E-state index is 0.155. The van der Waals surface area contributed by atoms with Crippen LogP contribution in [0.3, 0.4) is 0 Å². The number of likely N-dealkylation sites (tertiary alicyclic amines) is 1. The van der Waals surface area contributed by atoms with Gasteiger partial charge < -0.3 is 14.7 Å². The van der Waals surface area contributed by atoms with Crippen molar-refractivity contribution < 1.29 is 19.4 Å². The number of nitrogens with zero attached hydrogens (tertiary/aromatic N) is 3. The molecule has 1 aliphatic heterocycles. The van der Waals surface area contributed by atoms with Crippen molar-refractivity contribution in [2.45, 2.75) is 32.8 Å². The maximum Gasteiger partial charge on any atom is 0.410 e. The first kappa shape index (κ1) is 15.3. The van der Waals surface area contributed by atoms with E-state index in [1.807, 2.05) is 0 Å². The fraction of sp³-hybridized carbons (Fsp3) is 0.643. The van der Waals surface area contributed by atoms with E-state index < -0.39 is 23.1 Å². The SMILES string of the molecule is Cn1nccc1CC1(C(=O)O)CN(C(=O)OC(C)(C)C)C1. The molecule has 7 heteroatoms. The number of aromatic nitrogens is 2. The van der Waals surface area contributed by atoms with Crippen molar-refractivity contribution in [3.05, 3.63) is 18.0 Å². The van der Waals surface area contributed by atoms with Gasteiger partial charge in [0.2, 0.25) is 0 Å². The summed E-state index contributed by atoms with van der Waals surface area (Å²) >= 11 is 0. The minimum atomic E-state index is -0.954. The Morgan fingerprint density at radius 1 is 1.43 bits per heavy atom. The summed E-state index contributed by atoms with van der Waals surface area (Å²) in [5.74, 6) is -0.900. The lowest BCUT2D eigenvalue weighted by Gasteiger charge is -2.46. The predicted molar refractivity (Wildman–Crippen MR) is 74.8 cm³/mol. The van der Waals surface area contributed by atoms with E-state index >= 15 is 0 Å². The van der Waals surface area contributed by atoms with Gasteiger partial charge in [-0.25, -0.2) is 4.79 Å². The lowest BCUT2D eigenvalue weighted by molar-refractivity contribution is -0.159. The van der Waals surface area contributed by atoms with E-state index in [2.05, 4.69) is 5.10 Å². The van der Waals surface area contributed by atoms with Crippen molar-refractivity contribution in [2.24, 2.45) is 12.5 Å². The van der Waals surface area contributed by atoms with Gasteiger partial charge in [0.15, 0.2) is 0 Å².